The molecule has 2 atom stereocenters. The minimum atomic E-state index is -0.399. The number of rotatable bonds is 2. The lowest BCUT2D eigenvalue weighted by Gasteiger charge is -2.35. The van der Waals surface area contributed by atoms with E-state index in [2.05, 4.69) is 11.9 Å². The molecule has 2 aliphatic rings. The molecule has 1 aromatic carbocycles. The maximum Gasteiger partial charge on any atom is 0.167 e. The minimum absolute atomic E-state index is 0.00648. The Hall–Kier alpha value is -0.930. The maximum absolute atomic E-state index is 13.3. The molecule has 0 aliphatic carbocycles. The molecule has 0 amide bonds. The molecule has 2 nitrogen and oxygen atoms in total. The van der Waals surface area contributed by atoms with E-state index < -0.39 is 5.82 Å². The van der Waals surface area contributed by atoms with E-state index in [9.17, 15) is 9.18 Å². The summed E-state index contributed by atoms with van der Waals surface area (Å²) in [7, 11) is 2.14. The van der Waals surface area contributed by atoms with Crippen LogP contribution in [0.5, 0.6) is 0 Å². The molecule has 2 unspecified atom stereocenters. The Balaban J connectivity index is 1.83. The molecule has 2 bridgehead atoms. The molecule has 2 saturated heterocycles. The SMILES string of the molecule is CN1C2CCC1CC(C(=O)c1cc(F)ccc1Cl)C2. The number of carbonyl (C=O) groups is 1. The van der Waals surface area contributed by atoms with Gasteiger partial charge in [-0.2, -0.15) is 0 Å². The molecule has 0 radical (unpaired) electrons. The molecular formula is C15H17ClFNO. The summed E-state index contributed by atoms with van der Waals surface area (Å²) in [5.74, 6) is -0.397. The second-order valence-corrected chi connectivity index (χ2v) is 6.11. The molecule has 2 aliphatic heterocycles. The predicted octanol–water partition coefficient (Wildman–Crippen LogP) is 3.53. The van der Waals surface area contributed by atoms with E-state index in [1.807, 2.05) is 0 Å². The molecule has 1 aromatic rings. The van der Waals surface area contributed by atoms with Crippen molar-refractivity contribution in [2.45, 2.75) is 37.8 Å². The van der Waals surface area contributed by atoms with Crippen LogP contribution in [0, 0.1) is 11.7 Å². The van der Waals surface area contributed by atoms with Crippen molar-refractivity contribution < 1.29 is 9.18 Å². The summed E-state index contributed by atoms with van der Waals surface area (Å²) in [6, 6.07) is 5.02. The summed E-state index contributed by atoms with van der Waals surface area (Å²) in [5, 5.41) is 0.359. The summed E-state index contributed by atoms with van der Waals surface area (Å²) < 4.78 is 13.3. The second kappa shape index (κ2) is 4.88. The van der Waals surface area contributed by atoms with E-state index in [1.165, 1.54) is 31.0 Å². The van der Waals surface area contributed by atoms with Crippen LogP contribution in [0.25, 0.3) is 0 Å². The zero-order valence-electron chi connectivity index (χ0n) is 10.9. The monoisotopic (exact) mass is 281 g/mol. The van der Waals surface area contributed by atoms with Gasteiger partial charge in [-0.05, 0) is 50.9 Å². The van der Waals surface area contributed by atoms with E-state index >= 15 is 0 Å². The van der Waals surface area contributed by atoms with Crippen molar-refractivity contribution in [3.63, 3.8) is 0 Å². The van der Waals surface area contributed by atoms with Gasteiger partial charge >= 0.3 is 0 Å². The zero-order valence-corrected chi connectivity index (χ0v) is 11.7. The molecular weight excluding hydrogens is 265 g/mol. The highest BCUT2D eigenvalue weighted by Crippen LogP contribution is 2.39. The van der Waals surface area contributed by atoms with Gasteiger partial charge in [0, 0.05) is 23.6 Å². The van der Waals surface area contributed by atoms with Gasteiger partial charge in [0.15, 0.2) is 5.78 Å². The van der Waals surface area contributed by atoms with Gasteiger partial charge in [-0.15, -0.1) is 0 Å². The summed E-state index contributed by atoms with van der Waals surface area (Å²) in [5.41, 5.74) is 0.343. The first-order valence-corrected chi connectivity index (χ1v) is 7.15. The number of fused-ring (bicyclic) bond motifs is 2. The average molecular weight is 282 g/mol. The lowest BCUT2D eigenvalue weighted by atomic mass is 9.85. The van der Waals surface area contributed by atoms with Crippen molar-refractivity contribution in [1.29, 1.82) is 0 Å². The van der Waals surface area contributed by atoms with Gasteiger partial charge in [-0.25, -0.2) is 4.39 Å². The van der Waals surface area contributed by atoms with Crippen LogP contribution in [0.3, 0.4) is 0 Å². The van der Waals surface area contributed by atoms with Crippen molar-refractivity contribution in [3.8, 4) is 0 Å². The molecule has 3 rings (SSSR count). The second-order valence-electron chi connectivity index (χ2n) is 5.71. The largest absolute Gasteiger partial charge is 0.300 e. The maximum atomic E-state index is 13.3. The van der Waals surface area contributed by atoms with Crippen molar-refractivity contribution in [3.05, 3.63) is 34.6 Å². The lowest BCUT2D eigenvalue weighted by Crippen LogP contribution is -2.42. The number of benzene rings is 1. The standard InChI is InChI=1S/C15H17ClFNO/c1-18-11-3-4-12(18)7-9(6-11)15(19)13-8-10(17)2-5-14(13)16/h2,5,8-9,11-12H,3-4,6-7H2,1H3. The molecule has 0 saturated carbocycles. The highest BCUT2D eigenvalue weighted by atomic mass is 35.5. The van der Waals surface area contributed by atoms with E-state index in [4.69, 9.17) is 11.6 Å². The number of carbonyl (C=O) groups excluding carboxylic acids is 1. The first-order valence-electron chi connectivity index (χ1n) is 6.77. The number of halogens is 2. The van der Waals surface area contributed by atoms with Gasteiger partial charge in [0.05, 0.1) is 5.02 Å². The van der Waals surface area contributed by atoms with Crippen LogP contribution in [0.1, 0.15) is 36.0 Å². The third-order valence-electron chi connectivity index (χ3n) is 4.66. The zero-order chi connectivity index (χ0) is 13.6. The summed E-state index contributed by atoms with van der Waals surface area (Å²) in [4.78, 5) is 14.9. The molecule has 0 aromatic heterocycles. The Kier molecular flexibility index (Phi) is 3.35. The Morgan fingerprint density at radius 2 is 1.95 bits per heavy atom. The van der Waals surface area contributed by atoms with E-state index in [0.717, 1.165) is 12.8 Å². The Morgan fingerprint density at radius 1 is 1.32 bits per heavy atom. The predicted molar refractivity (Wildman–Crippen MR) is 73.0 cm³/mol. The normalized spacial score (nSPS) is 30.6. The van der Waals surface area contributed by atoms with E-state index in [0.29, 0.717) is 22.7 Å². The van der Waals surface area contributed by atoms with Gasteiger partial charge in [-0.1, -0.05) is 11.6 Å². The number of nitrogens with zero attached hydrogens (tertiary/aromatic N) is 1. The highest BCUT2D eigenvalue weighted by Gasteiger charge is 2.41. The van der Waals surface area contributed by atoms with E-state index in [-0.39, 0.29) is 11.7 Å². The lowest BCUT2D eigenvalue weighted by molar-refractivity contribution is 0.0767. The number of piperidine rings is 1. The molecule has 19 heavy (non-hydrogen) atoms. The first kappa shape index (κ1) is 13.1. The third kappa shape index (κ3) is 2.30. The number of hydrogen-bond donors (Lipinski definition) is 0. The molecule has 4 heteroatoms. The Labute approximate surface area is 117 Å². The van der Waals surface area contributed by atoms with Gasteiger partial charge in [-0.3, -0.25) is 4.79 Å². The number of hydrogen-bond acceptors (Lipinski definition) is 2. The Bertz CT molecular complexity index is 505. The fourth-order valence-corrected chi connectivity index (χ4v) is 3.74. The highest BCUT2D eigenvalue weighted by molar-refractivity contribution is 6.34. The van der Waals surface area contributed by atoms with Crippen LogP contribution < -0.4 is 0 Å². The topological polar surface area (TPSA) is 20.3 Å². The summed E-state index contributed by atoms with van der Waals surface area (Å²) in [6.45, 7) is 0. The van der Waals surface area contributed by atoms with Crippen LogP contribution in [0.4, 0.5) is 4.39 Å². The van der Waals surface area contributed by atoms with Crippen LogP contribution in [0.15, 0.2) is 18.2 Å². The quantitative estimate of drug-likeness (QED) is 0.773. The van der Waals surface area contributed by atoms with Crippen molar-refractivity contribution in [2.24, 2.45) is 5.92 Å². The Morgan fingerprint density at radius 3 is 2.58 bits per heavy atom. The van der Waals surface area contributed by atoms with Gasteiger partial charge in [0.2, 0.25) is 0 Å². The van der Waals surface area contributed by atoms with Crippen molar-refractivity contribution in [2.75, 3.05) is 7.05 Å². The van der Waals surface area contributed by atoms with Crippen LogP contribution in [0.2, 0.25) is 5.02 Å². The molecule has 0 spiro atoms. The van der Waals surface area contributed by atoms with Gasteiger partial charge in [0.1, 0.15) is 5.82 Å². The average Bonchev–Trinajstić information content (AvgIpc) is 2.64. The van der Waals surface area contributed by atoms with Crippen molar-refractivity contribution in [1.82, 2.24) is 4.90 Å². The molecule has 102 valence electrons. The fraction of sp³-hybridized carbons (Fsp3) is 0.533. The number of ketones is 1. The first-order chi connectivity index (χ1) is 9.06. The number of Topliss-reactive ketones (excluding diaryl/α,β-unsaturated/α-hetero) is 1. The smallest absolute Gasteiger partial charge is 0.167 e. The van der Waals surface area contributed by atoms with E-state index in [1.54, 1.807) is 0 Å². The van der Waals surface area contributed by atoms with Crippen LogP contribution in [-0.2, 0) is 0 Å². The van der Waals surface area contributed by atoms with Crippen LogP contribution >= 0.6 is 11.6 Å². The van der Waals surface area contributed by atoms with Gasteiger partial charge < -0.3 is 4.90 Å². The molecule has 0 N–H and O–H groups in total. The summed E-state index contributed by atoms with van der Waals surface area (Å²) >= 11 is 6.03. The van der Waals surface area contributed by atoms with Crippen LogP contribution in [-0.4, -0.2) is 29.8 Å². The third-order valence-corrected chi connectivity index (χ3v) is 4.99. The summed E-state index contributed by atoms with van der Waals surface area (Å²) in [6.07, 6.45) is 4.08. The molecule has 2 fully saturated rings. The minimum Gasteiger partial charge on any atom is -0.300 e. The van der Waals surface area contributed by atoms with Crippen molar-refractivity contribution >= 4 is 17.4 Å². The molecule has 2 heterocycles. The fourth-order valence-electron chi connectivity index (χ4n) is 3.53. The van der Waals surface area contributed by atoms with Gasteiger partial charge in [0.25, 0.3) is 0 Å².